The van der Waals surface area contributed by atoms with Crippen molar-refractivity contribution in [2.45, 2.75) is 18.9 Å². The standard InChI is InChI=1S/C18H19ClN2O4/c1-24-15-5-4-12(19)11-14(15)17(22)20-13-6-8-21(9-7-13)18(23)16-3-2-10-25-16/h2-5,10-11,13H,6-9H2,1H3,(H,20,22). The molecule has 0 unspecified atom stereocenters. The van der Waals surface area contributed by atoms with Gasteiger partial charge < -0.3 is 19.4 Å². The molecule has 2 heterocycles. The molecule has 1 aliphatic rings. The maximum atomic E-state index is 12.5. The van der Waals surface area contributed by atoms with E-state index < -0.39 is 0 Å². The Hall–Kier alpha value is -2.47. The van der Waals surface area contributed by atoms with Crippen molar-refractivity contribution >= 4 is 23.4 Å². The fourth-order valence-corrected chi connectivity index (χ4v) is 3.08. The molecule has 1 aliphatic heterocycles. The lowest BCUT2D eigenvalue weighted by atomic mass is 10.0. The van der Waals surface area contributed by atoms with Gasteiger partial charge in [-0.3, -0.25) is 9.59 Å². The summed E-state index contributed by atoms with van der Waals surface area (Å²) < 4.78 is 10.4. The van der Waals surface area contributed by atoms with Crippen LogP contribution in [0.15, 0.2) is 41.0 Å². The van der Waals surface area contributed by atoms with Crippen LogP contribution in [-0.2, 0) is 0 Å². The van der Waals surface area contributed by atoms with E-state index in [0.717, 1.165) is 0 Å². The highest BCUT2D eigenvalue weighted by Crippen LogP contribution is 2.23. The van der Waals surface area contributed by atoms with Gasteiger partial charge >= 0.3 is 0 Å². The van der Waals surface area contributed by atoms with Gasteiger partial charge in [-0.25, -0.2) is 0 Å². The Morgan fingerprint density at radius 2 is 2.04 bits per heavy atom. The zero-order valence-corrected chi connectivity index (χ0v) is 14.6. The molecule has 1 N–H and O–H groups in total. The lowest BCUT2D eigenvalue weighted by molar-refractivity contribution is 0.0667. The first-order valence-electron chi connectivity index (χ1n) is 8.05. The number of hydrogen-bond acceptors (Lipinski definition) is 4. The summed E-state index contributed by atoms with van der Waals surface area (Å²) in [4.78, 5) is 26.5. The number of carbonyl (C=O) groups is 2. The summed E-state index contributed by atoms with van der Waals surface area (Å²) in [5.74, 6) is 0.472. The molecular formula is C18H19ClN2O4. The van der Waals surface area contributed by atoms with Gasteiger partial charge in [-0.15, -0.1) is 0 Å². The molecule has 0 aliphatic carbocycles. The van der Waals surface area contributed by atoms with E-state index in [1.165, 1.54) is 13.4 Å². The van der Waals surface area contributed by atoms with Crippen molar-refractivity contribution in [2.24, 2.45) is 0 Å². The van der Waals surface area contributed by atoms with E-state index >= 15 is 0 Å². The molecule has 0 bridgehead atoms. The molecule has 1 aromatic heterocycles. The molecule has 7 heteroatoms. The van der Waals surface area contributed by atoms with Gasteiger partial charge in [0.2, 0.25) is 0 Å². The first kappa shape index (κ1) is 17.4. The van der Waals surface area contributed by atoms with Gasteiger partial charge in [0.05, 0.1) is 18.9 Å². The Kier molecular flexibility index (Phi) is 5.28. The predicted molar refractivity (Wildman–Crippen MR) is 93.1 cm³/mol. The molecule has 2 amide bonds. The molecule has 132 valence electrons. The minimum Gasteiger partial charge on any atom is -0.496 e. The van der Waals surface area contributed by atoms with Crippen molar-refractivity contribution in [3.63, 3.8) is 0 Å². The van der Waals surface area contributed by atoms with E-state index in [2.05, 4.69) is 5.32 Å². The largest absolute Gasteiger partial charge is 0.496 e. The fourth-order valence-electron chi connectivity index (χ4n) is 2.90. The van der Waals surface area contributed by atoms with Gasteiger partial charge in [0.25, 0.3) is 11.8 Å². The smallest absolute Gasteiger partial charge is 0.289 e. The van der Waals surface area contributed by atoms with Crippen molar-refractivity contribution in [1.29, 1.82) is 0 Å². The number of benzene rings is 1. The summed E-state index contributed by atoms with van der Waals surface area (Å²) >= 11 is 5.97. The van der Waals surface area contributed by atoms with E-state index in [1.54, 1.807) is 35.2 Å². The number of rotatable bonds is 4. The van der Waals surface area contributed by atoms with Gasteiger partial charge in [-0.2, -0.15) is 0 Å². The van der Waals surface area contributed by atoms with Crippen LogP contribution in [0.25, 0.3) is 0 Å². The monoisotopic (exact) mass is 362 g/mol. The van der Waals surface area contributed by atoms with E-state index in [4.69, 9.17) is 20.8 Å². The Morgan fingerprint density at radius 3 is 2.68 bits per heavy atom. The summed E-state index contributed by atoms with van der Waals surface area (Å²) in [7, 11) is 1.51. The summed E-state index contributed by atoms with van der Waals surface area (Å²) in [6.07, 6.45) is 2.85. The first-order valence-corrected chi connectivity index (χ1v) is 8.43. The number of amides is 2. The number of piperidine rings is 1. The highest BCUT2D eigenvalue weighted by Gasteiger charge is 2.26. The van der Waals surface area contributed by atoms with Crippen LogP contribution in [0.4, 0.5) is 0 Å². The average Bonchev–Trinajstić information content (AvgIpc) is 3.16. The van der Waals surface area contributed by atoms with Crippen LogP contribution in [0.1, 0.15) is 33.8 Å². The SMILES string of the molecule is COc1ccc(Cl)cc1C(=O)NC1CCN(C(=O)c2ccco2)CC1. The summed E-state index contributed by atoms with van der Waals surface area (Å²) in [6.45, 7) is 1.13. The maximum Gasteiger partial charge on any atom is 0.289 e. The van der Waals surface area contributed by atoms with Crippen LogP contribution in [0.5, 0.6) is 5.75 Å². The maximum absolute atomic E-state index is 12.5. The number of nitrogens with zero attached hydrogens (tertiary/aromatic N) is 1. The molecular weight excluding hydrogens is 344 g/mol. The highest BCUT2D eigenvalue weighted by molar-refractivity contribution is 6.31. The first-order chi connectivity index (χ1) is 12.1. The van der Waals surface area contributed by atoms with Crippen LogP contribution in [0, 0.1) is 0 Å². The second-order valence-electron chi connectivity index (χ2n) is 5.86. The molecule has 2 aromatic rings. The Balaban J connectivity index is 1.58. The molecule has 1 fully saturated rings. The van der Waals surface area contributed by atoms with Gasteiger partial charge in [0, 0.05) is 24.2 Å². The quantitative estimate of drug-likeness (QED) is 0.907. The number of furan rings is 1. The van der Waals surface area contributed by atoms with Crippen molar-refractivity contribution in [1.82, 2.24) is 10.2 Å². The third kappa shape index (κ3) is 3.96. The Morgan fingerprint density at radius 1 is 1.28 bits per heavy atom. The van der Waals surface area contributed by atoms with Crippen molar-refractivity contribution in [3.8, 4) is 5.75 Å². The average molecular weight is 363 g/mol. The molecule has 25 heavy (non-hydrogen) atoms. The van der Waals surface area contributed by atoms with E-state index in [-0.39, 0.29) is 17.9 Å². The van der Waals surface area contributed by atoms with Gasteiger partial charge in [0.15, 0.2) is 5.76 Å². The fraction of sp³-hybridized carbons (Fsp3) is 0.333. The minimum atomic E-state index is -0.227. The topological polar surface area (TPSA) is 71.8 Å². The number of nitrogens with one attached hydrogen (secondary N) is 1. The van der Waals surface area contributed by atoms with Crippen LogP contribution >= 0.6 is 11.6 Å². The number of carbonyl (C=O) groups excluding carboxylic acids is 2. The number of ether oxygens (including phenoxy) is 1. The summed E-state index contributed by atoms with van der Waals surface area (Å²) in [5.41, 5.74) is 0.407. The normalized spacial score (nSPS) is 15.0. The number of halogens is 1. The lowest BCUT2D eigenvalue weighted by Gasteiger charge is -2.32. The predicted octanol–water partition coefficient (Wildman–Crippen LogP) is 2.98. The molecule has 1 saturated heterocycles. The van der Waals surface area contributed by atoms with Gasteiger partial charge in [-0.05, 0) is 43.2 Å². The second kappa shape index (κ2) is 7.61. The third-order valence-corrected chi connectivity index (χ3v) is 4.49. The van der Waals surface area contributed by atoms with Crippen LogP contribution in [0.3, 0.4) is 0 Å². The molecule has 0 atom stereocenters. The van der Waals surface area contributed by atoms with Gasteiger partial charge in [0.1, 0.15) is 5.75 Å². The zero-order chi connectivity index (χ0) is 17.8. The lowest BCUT2D eigenvalue weighted by Crippen LogP contribution is -2.46. The van der Waals surface area contributed by atoms with Crippen LogP contribution in [0.2, 0.25) is 5.02 Å². The molecule has 0 saturated carbocycles. The van der Waals surface area contributed by atoms with Crippen LogP contribution < -0.4 is 10.1 Å². The number of likely N-dealkylation sites (tertiary alicyclic amines) is 1. The Bertz CT molecular complexity index is 752. The molecule has 3 rings (SSSR count). The summed E-state index contributed by atoms with van der Waals surface area (Å²) in [6, 6.07) is 8.28. The highest BCUT2D eigenvalue weighted by atomic mass is 35.5. The van der Waals surface area contributed by atoms with E-state index in [9.17, 15) is 9.59 Å². The molecule has 0 radical (unpaired) electrons. The second-order valence-corrected chi connectivity index (χ2v) is 6.30. The van der Waals surface area contributed by atoms with Gasteiger partial charge in [-0.1, -0.05) is 11.6 Å². The minimum absolute atomic E-state index is 0.00293. The third-order valence-electron chi connectivity index (χ3n) is 4.26. The molecule has 0 spiro atoms. The van der Waals surface area contributed by atoms with E-state index in [0.29, 0.717) is 48.0 Å². The zero-order valence-electron chi connectivity index (χ0n) is 13.8. The van der Waals surface area contributed by atoms with E-state index in [1.807, 2.05) is 0 Å². The van der Waals surface area contributed by atoms with Crippen LogP contribution in [-0.4, -0.2) is 43.0 Å². The number of hydrogen-bond donors (Lipinski definition) is 1. The van der Waals surface area contributed by atoms with Crippen molar-refractivity contribution in [3.05, 3.63) is 52.9 Å². The summed E-state index contributed by atoms with van der Waals surface area (Å²) in [5, 5.41) is 3.47. The van der Waals surface area contributed by atoms with Crippen molar-refractivity contribution in [2.75, 3.05) is 20.2 Å². The van der Waals surface area contributed by atoms with Crippen molar-refractivity contribution < 1.29 is 18.7 Å². The molecule has 6 nitrogen and oxygen atoms in total. The molecule has 1 aromatic carbocycles. The Labute approximate surface area is 150 Å². The number of methoxy groups -OCH3 is 1.